The molecule has 7 nitrogen and oxygen atoms in total. The molecule has 152 valence electrons. The van der Waals surface area contributed by atoms with E-state index in [0.717, 1.165) is 0 Å². The molecule has 4 rings (SSSR count). The number of fused-ring (bicyclic) bond motifs is 2. The second-order valence-electron chi connectivity index (χ2n) is 6.96. The summed E-state index contributed by atoms with van der Waals surface area (Å²) in [5.41, 5.74) is 0.224. The van der Waals surface area contributed by atoms with Gasteiger partial charge in [-0.15, -0.1) is 0 Å². The Bertz CT molecular complexity index is 1280. The van der Waals surface area contributed by atoms with E-state index in [0.29, 0.717) is 32.8 Å². The second kappa shape index (κ2) is 7.35. The molecular formula is C22H17ClN2O5. The lowest BCUT2D eigenvalue weighted by molar-refractivity contribution is -0.134. The summed E-state index contributed by atoms with van der Waals surface area (Å²) in [6.07, 6.45) is 2.74. The van der Waals surface area contributed by atoms with Crippen LogP contribution in [0.3, 0.4) is 0 Å². The number of ether oxygens (including phenoxy) is 1. The molecule has 1 aliphatic heterocycles. The summed E-state index contributed by atoms with van der Waals surface area (Å²) in [4.78, 5) is 37.1. The number of nitrogens with one attached hydrogen (secondary N) is 2. The lowest BCUT2D eigenvalue weighted by Crippen LogP contribution is -2.55. The number of hydrogen-bond donors (Lipinski definition) is 2. The number of methoxy groups -OCH3 is 1. The van der Waals surface area contributed by atoms with Crippen LogP contribution in [-0.2, 0) is 15.2 Å². The molecule has 0 aliphatic carbocycles. The Balaban J connectivity index is 1.79. The van der Waals surface area contributed by atoms with Crippen LogP contribution in [0.5, 0.6) is 0 Å². The van der Waals surface area contributed by atoms with Crippen molar-refractivity contribution in [2.75, 3.05) is 12.4 Å². The number of benzene rings is 2. The van der Waals surface area contributed by atoms with Crippen molar-refractivity contribution >= 4 is 46.2 Å². The fourth-order valence-corrected chi connectivity index (χ4v) is 3.64. The monoisotopic (exact) mass is 424 g/mol. The van der Waals surface area contributed by atoms with E-state index in [-0.39, 0.29) is 5.56 Å². The smallest absolute Gasteiger partial charge is 0.343 e. The van der Waals surface area contributed by atoms with Crippen LogP contribution in [0.15, 0.2) is 57.8 Å². The summed E-state index contributed by atoms with van der Waals surface area (Å²) >= 11 is 6.06. The van der Waals surface area contributed by atoms with E-state index in [4.69, 9.17) is 16.0 Å². The lowest BCUT2D eigenvalue weighted by atomic mass is 9.94. The van der Waals surface area contributed by atoms with Crippen molar-refractivity contribution in [3.05, 3.63) is 80.7 Å². The zero-order chi connectivity index (χ0) is 21.5. The van der Waals surface area contributed by atoms with Crippen LogP contribution >= 0.6 is 11.6 Å². The van der Waals surface area contributed by atoms with Crippen molar-refractivity contribution in [2.45, 2.75) is 12.6 Å². The molecule has 2 N–H and O–H groups in total. The molecule has 1 unspecified atom stereocenters. The van der Waals surface area contributed by atoms with Crippen LogP contribution in [0, 0.1) is 0 Å². The number of carbonyl (C=O) groups is 2. The number of esters is 1. The van der Waals surface area contributed by atoms with Gasteiger partial charge in [-0.2, -0.15) is 0 Å². The van der Waals surface area contributed by atoms with Crippen LogP contribution < -0.4 is 16.3 Å². The summed E-state index contributed by atoms with van der Waals surface area (Å²) in [6.45, 7) is 1.67. The first-order chi connectivity index (χ1) is 14.3. The molecule has 2 heterocycles. The molecule has 0 fully saturated rings. The molecule has 0 saturated carbocycles. The largest absolute Gasteiger partial charge is 0.466 e. The minimum absolute atomic E-state index is 0.228. The highest BCUT2D eigenvalue weighted by Crippen LogP contribution is 2.33. The standard InChI is InChI=1S/C22H17ClN2O5/c1-22(15-11-13-10-14(23)7-8-17(13)30-21(15)28)24-16-5-3-4-12(6-9-18(26)29-2)19(16)20(27)25-22/h3-11,24H,1-2H3,(H,25,27)/b9-6+. The van der Waals surface area contributed by atoms with Crippen LogP contribution in [0.25, 0.3) is 17.0 Å². The van der Waals surface area contributed by atoms with Gasteiger partial charge in [0.15, 0.2) is 0 Å². The Morgan fingerprint density at radius 2 is 1.97 bits per heavy atom. The molecule has 0 saturated heterocycles. The Morgan fingerprint density at radius 3 is 2.73 bits per heavy atom. The van der Waals surface area contributed by atoms with Gasteiger partial charge < -0.3 is 19.8 Å². The highest BCUT2D eigenvalue weighted by molar-refractivity contribution is 6.31. The molecule has 0 bridgehead atoms. The fraction of sp³-hybridized carbons (Fsp3) is 0.136. The average Bonchev–Trinajstić information content (AvgIpc) is 2.71. The summed E-state index contributed by atoms with van der Waals surface area (Å²) in [7, 11) is 1.27. The topological polar surface area (TPSA) is 97.6 Å². The fourth-order valence-electron chi connectivity index (χ4n) is 3.46. The van der Waals surface area contributed by atoms with Crippen molar-refractivity contribution in [3.63, 3.8) is 0 Å². The number of halogens is 1. The predicted octanol–water partition coefficient (Wildman–Crippen LogP) is 3.66. The molecule has 0 radical (unpaired) electrons. The molecule has 1 atom stereocenters. The number of carbonyl (C=O) groups excluding carboxylic acids is 2. The van der Waals surface area contributed by atoms with Gasteiger partial charge in [0.1, 0.15) is 11.2 Å². The number of hydrogen-bond acceptors (Lipinski definition) is 6. The molecule has 1 aromatic heterocycles. The van der Waals surface area contributed by atoms with E-state index >= 15 is 0 Å². The normalized spacial score (nSPS) is 18.0. The van der Waals surface area contributed by atoms with E-state index in [1.807, 2.05) is 0 Å². The summed E-state index contributed by atoms with van der Waals surface area (Å²) < 4.78 is 10.0. The van der Waals surface area contributed by atoms with Gasteiger partial charge in [-0.25, -0.2) is 9.59 Å². The first-order valence-electron chi connectivity index (χ1n) is 9.04. The third-order valence-corrected chi connectivity index (χ3v) is 5.14. The maximum Gasteiger partial charge on any atom is 0.343 e. The van der Waals surface area contributed by atoms with Crippen molar-refractivity contribution in [1.29, 1.82) is 0 Å². The van der Waals surface area contributed by atoms with Crippen LogP contribution in [0.1, 0.15) is 28.4 Å². The van der Waals surface area contributed by atoms with Gasteiger partial charge >= 0.3 is 11.6 Å². The minimum atomic E-state index is -1.22. The predicted molar refractivity (Wildman–Crippen MR) is 113 cm³/mol. The Hall–Kier alpha value is -3.58. The van der Waals surface area contributed by atoms with Gasteiger partial charge in [-0.1, -0.05) is 23.7 Å². The highest BCUT2D eigenvalue weighted by atomic mass is 35.5. The van der Waals surface area contributed by atoms with E-state index in [2.05, 4.69) is 15.4 Å². The molecule has 3 aromatic rings. The molecule has 1 amide bonds. The average molecular weight is 425 g/mol. The van der Waals surface area contributed by atoms with E-state index in [1.165, 1.54) is 19.3 Å². The van der Waals surface area contributed by atoms with Crippen molar-refractivity contribution in [3.8, 4) is 0 Å². The van der Waals surface area contributed by atoms with Gasteiger partial charge in [-0.3, -0.25) is 4.79 Å². The summed E-state index contributed by atoms with van der Waals surface area (Å²) in [6, 6.07) is 11.7. The van der Waals surface area contributed by atoms with Crippen molar-refractivity contribution in [1.82, 2.24) is 5.32 Å². The number of amides is 1. The van der Waals surface area contributed by atoms with Gasteiger partial charge in [0, 0.05) is 22.2 Å². The third kappa shape index (κ3) is 3.44. The molecule has 0 spiro atoms. The zero-order valence-electron chi connectivity index (χ0n) is 16.1. The van der Waals surface area contributed by atoms with Crippen LogP contribution in [0.4, 0.5) is 5.69 Å². The zero-order valence-corrected chi connectivity index (χ0v) is 16.9. The summed E-state index contributed by atoms with van der Waals surface area (Å²) in [5, 5.41) is 7.18. The Morgan fingerprint density at radius 1 is 1.17 bits per heavy atom. The van der Waals surface area contributed by atoms with Crippen LogP contribution in [0.2, 0.25) is 5.02 Å². The first kappa shape index (κ1) is 19.7. The Kier molecular flexibility index (Phi) is 4.83. The lowest BCUT2D eigenvalue weighted by Gasteiger charge is -2.37. The SMILES string of the molecule is COC(=O)/C=C/c1cccc2c1C(=O)NC(C)(c1cc3cc(Cl)ccc3oc1=O)N2. The van der Waals surface area contributed by atoms with E-state index in [1.54, 1.807) is 49.4 Å². The molecule has 2 aromatic carbocycles. The molecular weight excluding hydrogens is 408 g/mol. The quantitative estimate of drug-likeness (QED) is 0.378. The van der Waals surface area contributed by atoms with Gasteiger partial charge in [-0.05, 0) is 48.9 Å². The van der Waals surface area contributed by atoms with Gasteiger partial charge in [0.05, 0.1) is 18.2 Å². The highest BCUT2D eigenvalue weighted by Gasteiger charge is 2.38. The van der Waals surface area contributed by atoms with Gasteiger partial charge in [0.2, 0.25) is 0 Å². The number of rotatable bonds is 3. The maximum atomic E-state index is 13.0. The second-order valence-corrected chi connectivity index (χ2v) is 7.40. The van der Waals surface area contributed by atoms with Gasteiger partial charge in [0.25, 0.3) is 5.91 Å². The number of anilines is 1. The maximum absolute atomic E-state index is 13.0. The Labute approximate surface area is 176 Å². The molecule has 1 aliphatic rings. The first-order valence-corrected chi connectivity index (χ1v) is 9.42. The van der Waals surface area contributed by atoms with Crippen molar-refractivity contribution < 1.29 is 18.7 Å². The van der Waals surface area contributed by atoms with E-state index < -0.39 is 23.2 Å². The molecule has 8 heteroatoms. The van der Waals surface area contributed by atoms with Crippen molar-refractivity contribution in [2.24, 2.45) is 0 Å². The van der Waals surface area contributed by atoms with E-state index in [9.17, 15) is 14.4 Å². The molecule has 30 heavy (non-hydrogen) atoms. The van der Waals surface area contributed by atoms with Crippen LogP contribution in [-0.4, -0.2) is 19.0 Å². The minimum Gasteiger partial charge on any atom is -0.466 e. The summed E-state index contributed by atoms with van der Waals surface area (Å²) in [5.74, 6) is -0.934. The third-order valence-electron chi connectivity index (χ3n) is 4.91.